The van der Waals surface area contributed by atoms with Crippen molar-refractivity contribution in [2.45, 2.75) is 6.92 Å². The first kappa shape index (κ1) is 18.2. The number of benzene rings is 4. The Labute approximate surface area is 189 Å². The summed E-state index contributed by atoms with van der Waals surface area (Å²) >= 11 is 0. The van der Waals surface area contributed by atoms with E-state index in [0.717, 1.165) is 61.1 Å². The number of nitrogens with zero attached hydrogens (tertiary/aromatic N) is 3. The van der Waals surface area contributed by atoms with Gasteiger partial charge in [-0.05, 0) is 48.2 Å². The Balaban J connectivity index is 1.61. The SMILES string of the molecule is Cc1cnc2c(c1)nc(-c1cccc3c1oc1c4ccccc4ccc31)n2-c1ccccc1. The van der Waals surface area contributed by atoms with Crippen LogP contribution in [0.3, 0.4) is 0 Å². The Morgan fingerprint density at radius 2 is 1.52 bits per heavy atom. The van der Waals surface area contributed by atoms with Crippen LogP contribution in [-0.2, 0) is 0 Å². The fraction of sp³-hybridized carbons (Fsp3) is 0.0345. The lowest BCUT2D eigenvalue weighted by atomic mass is 10.0. The number of rotatable bonds is 2. The molecule has 0 radical (unpaired) electrons. The van der Waals surface area contributed by atoms with E-state index in [1.54, 1.807) is 0 Å². The van der Waals surface area contributed by atoms with Crippen molar-refractivity contribution in [3.8, 4) is 17.1 Å². The maximum absolute atomic E-state index is 6.59. The van der Waals surface area contributed by atoms with Gasteiger partial charge in [0.15, 0.2) is 11.5 Å². The summed E-state index contributed by atoms with van der Waals surface area (Å²) in [6, 6.07) is 31.3. The summed E-state index contributed by atoms with van der Waals surface area (Å²) in [5.41, 5.74) is 6.50. The highest BCUT2D eigenvalue weighted by molar-refractivity contribution is 6.17. The van der Waals surface area contributed by atoms with Gasteiger partial charge in [-0.1, -0.05) is 60.7 Å². The van der Waals surface area contributed by atoms with Gasteiger partial charge in [-0.2, -0.15) is 0 Å². The van der Waals surface area contributed by atoms with Gasteiger partial charge >= 0.3 is 0 Å². The number of imidazole rings is 1. The molecule has 4 heteroatoms. The van der Waals surface area contributed by atoms with E-state index in [0.29, 0.717) is 0 Å². The first-order valence-corrected chi connectivity index (χ1v) is 11.0. The van der Waals surface area contributed by atoms with Crippen molar-refractivity contribution in [1.29, 1.82) is 0 Å². The molecule has 156 valence electrons. The Kier molecular flexibility index (Phi) is 3.73. The molecule has 3 heterocycles. The molecule has 4 nitrogen and oxygen atoms in total. The predicted molar refractivity (Wildman–Crippen MR) is 134 cm³/mol. The van der Waals surface area contributed by atoms with Crippen molar-refractivity contribution in [2.24, 2.45) is 0 Å². The summed E-state index contributed by atoms with van der Waals surface area (Å²) in [5.74, 6) is 0.822. The molecule has 7 rings (SSSR count). The fourth-order valence-corrected chi connectivity index (χ4v) is 4.77. The quantitative estimate of drug-likeness (QED) is 0.289. The second kappa shape index (κ2) is 6.78. The smallest absolute Gasteiger partial charge is 0.164 e. The molecular formula is C29H19N3O. The Morgan fingerprint density at radius 1 is 0.727 bits per heavy atom. The predicted octanol–water partition coefficient (Wildman–Crippen LogP) is 7.45. The number of pyridine rings is 1. The molecule has 7 aromatic rings. The average Bonchev–Trinajstić information content (AvgIpc) is 3.43. The summed E-state index contributed by atoms with van der Waals surface area (Å²) < 4.78 is 8.71. The van der Waals surface area contributed by atoms with E-state index in [2.05, 4.69) is 77.4 Å². The van der Waals surface area contributed by atoms with Crippen LogP contribution >= 0.6 is 0 Å². The summed E-state index contributed by atoms with van der Waals surface area (Å²) in [6.07, 6.45) is 1.89. The van der Waals surface area contributed by atoms with Gasteiger partial charge in [0.2, 0.25) is 0 Å². The number of para-hydroxylation sites is 2. The standard InChI is InChI=1S/C29H19N3O/c1-18-16-25-29(30-17-18)32(20-9-3-2-4-10-20)28(31-25)24-13-7-12-22-23-15-14-19-8-5-6-11-21(19)26(23)33-27(22)24/h2-17H,1H3. The summed E-state index contributed by atoms with van der Waals surface area (Å²) in [5, 5.41) is 4.48. The second-order valence-corrected chi connectivity index (χ2v) is 8.41. The van der Waals surface area contributed by atoms with Crippen LogP contribution in [-0.4, -0.2) is 14.5 Å². The number of aryl methyl sites for hydroxylation is 1. The first-order valence-electron chi connectivity index (χ1n) is 11.0. The van der Waals surface area contributed by atoms with Crippen LogP contribution in [0.5, 0.6) is 0 Å². The van der Waals surface area contributed by atoms with Crippen LogP contribution in [0.15, 0.2) is 102 Å². The van der Waals surface area contributed by atoms with E-state index < -0.39 is 0 Å². The zero-order valence-electron chi connectivity index (χ0n) is 18.0. The zero-order valence-corrected chi connectivity index (χ0v) is 18.0. The van der Waals surface area contributed by atoms with Gasteiger partial charge in [-0.3, -0.25) is 4.57 Å². The van der Waals surface area contributed by atoms with E-state index in [9.17, 15) is 0 Å². The topological polar surface area (TPSA) is 43.9 Å². The van der Waals surface area contributed by atoms with Gasteiger partial charge < -0.3 is 4.42 Å². The van der Waals surface area contributed by atoms with Crippen molar-refractivity contribution in [3.63, 3.8) is 0 Å². The van der Waals surface area contributed by atoms with Crippen molar-refractivity contribution >= 4 is 43.9 Å². The number of fused-ring (bicyclic) bond motifs is 6. The Hall–Kier alpha value is -4.44. The number of hydrogen-bond acceptors (Lipinski definition) is 3. The monoisotopic (exact) mass is 425 g/mol. The molecular weight excluding hydrogens is 406 g/mol. The van der Waals surface area contributed by atoms with Gasteiger partial charge in [0.05, 0.1) is 5.56 Å². The van der Waals surface area contributed by atoms with E-state index in [-0.39, 0.29) is 0 Å². The average molecular weight is 425 g/mol. The molecule has 0 fully saturated rings. The summed E-state index contributed by atoms with van der Waals surface area (Å²) in [4.78, 5) is 9.78. The molecule has 3 aromatic heterocycles. The highest BCUT2D eigenvalue weighted by Crippen LogP contribution is 2.39. The van der Waals surface area contributed by atoms with Crippen LogP contribution in [0.1, 0.15) is 5.56 Å². The molecule has 0 saturated carbocycles. The van der Waals surface area contributed by atoms with Crippen LogP contribution in [0.2, 0.25) is 0 Å². The third-order valence-corrected chi connectivity index (χ3v) is 6.28. The minimum Gasteiger partial charge on any atom is -0.455 e. The molecule has 0 spiro atoms. The molecule has 0 bridgehead atoms. The zero-order chi connectivity index (χ0) is 21.9. The molecule has 33 heavy (non-hydrogen) atoms. The Bertz CT molecular complexity index is 1830. The van der Waals surface area contributed by atoms with E-state index in [1.807, 2.05) is 31.3 Å². The molecule has 0 aliphatic rings. The third-order valence-electron chi connectivity index (χ3n) is 6.28. The van der Waals surface area contributed by atoms with Crippen LogP contribution in [0.4, 0.5) is 0 Å². The van der Waals surface area contributed by atoms with Crippen molar-refractivity contribution in [2.75, 3.05) is 0 Å². The maximum atomic E-state index is 6.59. The van der Waals surface area contributed by atoms with Gasteiger partial charge in [-0.25, -0.2) is 9.97 Å². The fourth-order valence-electron chi connectivity index (χ4n) is 4.77. The molecule has 0 aliphatic heterocycles. The van der Waals surface area contributed by atoms with E-state index in [1.165, 1.54) is 5.39 Å². The molecule has 0 saturated heterocycles. The third kappa shape index (κ3) is 2.64. The van der Waals surface area contributed by atoms with Crippen molar-refractivity contribution in [1.82, 2.24) is 14.5 Å². The van der Waals surface area contributed by atoms with E-state index in [4.69, 9.17) is 14.4 Å². The molecule has 0 atom stereocenters. The molecule has 0 amide bonds. The minimum absolute atomic E-state index is 0.822. The van der Waals surface area contributed by atoms with E-state index >= 15 is 0 Å². The van der Waals surface area contributed by atoms with Gasteiger partial charge in [-0.15, -0.1) is 0 Å². The number of furan rings is 1. The van der Waals surface area contributed by atoms with Crippen molar-refractivity contribution < 1.29 is 4.42 Å². The molecule has 0 aliphatic carbocycles. The lowest BCUT2D eigenvalue weighted by Crippen LogP contribution is -1.98. The largest absolute Gasteiger partial charge is 0.455 e. The highest BCUT2D eigenvalue weighted by Gasteiger charge is 2.20. The Morgan fingerprint density at radius 3 is 2.42 bits per heavy atom. The molecule has 4 aromatic carbocycles. The van der Waals surface area contributed by atoms with Crippen LogP contribution < -0.4 is 0 Å². The first-order chi connectivity index (χ1) is 16.3. The van der Waals surface area contributed by atoms with Gasteiger partial charge in [0, 0.05) is 28.0 Å². The molecule has 0 unspecified atom stereocenters. The minimum atomic E-state index is 0.822. The van der Waals surface area contributed by atoms with Crippen LogP contribution in [0.25, 0.3) is 61.0 Å². The number of hydrogen-bond donors (Lipinski definition) is 0. The summed E-state index contributed by atoms with van der Waals surface area (Å²) in [7, 11) is 0. The lowest BCUT2D eigenvalue weighted by Gasteiger charge is -2.09. The van der Waals surface area contributed by atoms with Crippen molar-refractivity contribution in [3.05, 3.63) is 103 Å². The highest BCUT2D eigenvalue weighted by atomic mass is 16.3. The normalized spacial score (nSPS) is 11.8. The second-order valence-electron chi connectivity index (χ2n) is 8.41. The van der Waals surface area contributed by atoms with Gasteiger partial charge in [0.1, 0.15) is 16.7 Å². The summed E-state index contributed by atoms with van der Waals surface area (Å²) in [6.45, 7) is 2.04. The number of aromatic nitrogens is 3. The lowest BCUT2D eigenvalue weighted by molar-refractivity contribution is 0.673. The van der Waals surface area contributed by atoms with Gasteiger partial charge in [0.25, 0.3) is 0 Å². The maximum Gasteiger partial charge on any atom is 0.164 e. The van der Waals surface area contributed by atoms with Crippen LogP contribution in [0, 0.1) is 6.92 Å². The molecule has 0 N–H and O–H groups in total.